The molecular formula is C22H24N2O4. The predicted octanol–water partition coefficient (Wildman–Crippen LogP) is 4.91. The molecule has 0 aliphatic carbocycles. The van der Waals surface area contributed by atoms with Crippen LogP contribution < -0.4 is 14.4 Å². The van der Waals surface area contributed by atoms with Gasteiger partial charge < -0.3 is 14.4 Å². The lowest BCUT2D eigenvalue weighted by Gasteiger charge is -2.45. The van der Waals surface area contributed by atoms with E-state index in [9.17, 15) is 10.1 Å². The molecule has 0 saturated heterocycles. The summed E-state index contributed by atoms with van der Waals surface area (Å²) >= 11 is 0. The van der Waals surface area contributed by atoms with Gasteiger partial charge in [-0.2, -0.15) is 0 Å². The molecule has 1 atom stereocenters. The molecule has 28 heavy (non-hydrogen) atoms. The van der Waals surface area contributed by atoms with Gasteiger partial charge in [0.2, 0.25) is 5.72 Å². The molecule has 4 rings (SSSR count). The van der Waals surface area contributed by atoms with Crippen molar-refractivity contribution < 1.29 is 14.4 Å². The van der Waals surface area contributed by atoms with Gasteiger partial charge >= 0.3 is 0 Å². The third-order valence-electron chi connectivity index (χ3n) is 5.74. The topological polar surface area (TPSA) is 64.8 Å². The average Bonchev–Trinajstić information content (AvgIpc) is 2.79. The number of nitrogens with zero attached hydrogens (tertiary/aromatic N) is 2. The van der Waals surface area contributed by atoms with Crippen LogP contribution in [0.2, 0.25) is 0 Å². The van der Waals surface area contributed by atoms with Gasteiger partial charge in [-0.05, 0) is 51.5 Å². The summed E-state index contributed by atoms with van der Waals surface area (Å²) in [7, 11) is 1.99. The van der Waals surface area contributed by atoms with Gasteiger partial charge in [0.15, 0.2) is 0 Å². The molecule has 0 aromatic heterocycles. The lowest BCUT2D eigenvalue weighted by atomic mass is 9.76. The van der Waals surface area contributed by atoms with Crippen molar-refractivity contribution in [3.63, 3.8) is 0 Å². The second kappa shape index (κ2) is 5.99. The molecule has 0 radical (unpaired) electrons. The van der Waals surface area contributed by atoms with E-state index in [2.05, 4.69) is 30.9 Å². The van der Waals surface area contributed by atoms with Gasteiger partial charge in [0.05, 0.1) is 28.1 Å². The van der Waals surface area contributed by atoms with Crippen LogP contribution >= 0.6 is 0 Å². The summed E-state index contributed by atoms with van der Waals surface area (Å²) in [5, 5.41) is 11.6. The SMILES string of the molecule is CC(C)Oc1cc2c(c([N+](=O)[O-])c1)C=C[C@@]1(O2)N(C)c2ccccc2C1(C)C. The first-order valence-electron chi connectivity index (χ1n) is 9.38. The molecule has 0 bridgehead atoms. The van der Waals surface area contributed by atoms with Crippen LogP contribution in [0, 0.1) is 10.1 Å². The molecule has 2 heterocycles. The summed E-state index contributed by atoms with van der Waals surface area (Å²) in [6, 6.07) is 11.4. The molecule has 2 aromatic rings. The van der Waals surface area contributed by atoms with E-state index < -0.39 is 10.6 Å². The van der Waals surface area contributed by atoms with E-state index in [0.717, 1.165) is 5.69 Å². The summed E-state index contributed by atoms with van der Waals surface area (Å²) in [6.45, 7) is 8.04. The number of nitro benzene ring substituents is 1. The Morgan fingerprint density at radius 1 is 1.21 bits per heavy atom. The Bertz CT molecular complexity index is 996. The zero-order valence-electron chi connectivity index (χ0n) is 16.7. The lowest BCUT2D eigenvalue weighted by molar-refractivity contribution is -0.385. The van der Waals surface area contributed by atoms with Crippen molar-refractivity contribution in [3.8, 4) is 11.5 Å². The molecular weight excluding hydrogens is 356 g/mol. The van der Waals surface area contributed by atoms with Gasteiger partial charge in [0, 0.05) is 18.8 Å². The molecule has 6 nitrogen and oxygen atoms in total. The molecule has 2 aliphatic heterocycles. The third-order valence-corrected chi connectivity index (χ3v) is 5.74. The number of para-hydroxylation sites is 1. The van der Waals surface area contributed by atoms with Crippen LogP contribution in [0.4, 0.5) is 11.4 Å². The Morgan fingerprint density at radius 2 is 1.93 bits per heavy atom. The van der Waals surface area contributed by atoms with Crippen molar-refractivity contribution in [2.24, 2.45) is 0 Å². The van der Waals surface area contributed by atoms with Crippen LogP contribution in [0.3, 0.4) is 0 Å². The molecule has 0 fully saturated rings. The summed E-state index contributed by atoms with van der Waals surface area (Å²) < 4.78 is 12.3. The zero-order valence-corrected chi connectivity index (χ0v) is 16.7. The summed E-state index contributed by atoms with van der Waals surface area (Å²) in [5.41, 5.74) is 1.56. The van der Waals surface area contributed by atoms with Crippen molar-refractivity contribution >= 4 is 17.5 Å². The molecule has 0 N–H and O–H groups in total. The maximum absolute atomic E-state index is 11.6. The predicted molar refractivity (Wildman–Crippen MR) is 109 cm³/mol. The first-order chi connectivity index (χ1) is 13.2. The smallest absolute Gasteiger partial charge is 0.284 e. The minimum atomic E-state index is -0.784. The lowest BCUT2D eigenvalue weighted by Crippen LogP contribution is -2.58. The maximum Gasteiger partial charge on any atom is 0.284 e. The molecule has 2 aromatic carbocycles. The molecule has 146 valence electrons. The van der Waals surface area contributed by atoms with E-state index in [1.807, 2.05) is 39.1 Å². The van der Waals surface area contributed by atoms with E-state index in [1.165, 1.54) is 11.6 Å². The fourth-order valence-electron chi connectivity index (χ4n) is 4.33. The van der Waals surface area contributed by atoms with Crippen molar-refractivity contribution in [3.05, 3.63) is 63.7 Å². The highest BCUT2D eigenvalue weighted by molar-refractivity contribution is 5.76. The number of hydrogen-bond donors (Lipinski definition) is 0. The highest BCUT2D eigenvalue weighted by Gasteiger charge is 2.57. The molecule has 1 spiro atoms. The number of fused-ring (bicyclic) bond motifs is 2. The Hall–Kier alpha value is -3.02. The van der Waals surface area contributed by atoms with E-state index in [1.54, 1.807) is 12.1 Å². The van der Waals surface area contributed by atoms with Crippen molar-refractivity contribution in [2.45, 2.75) is 44.9 Å². The quantitative estimate of drug-likeness (QED) is 0.559. The van der Waals surface area contributed by atoms with Crippen LogP contribution in [0.1, 0.15) is 38.8 Å². The normalized spacial score (nSPS) is 21.4. The van der Waals surface area contributed by atoms with Crippen LogP contribution in [0.25, 0.3) is 6.08 Å². The fourth-order valence-corrected chi connectivity index (χ4v) is 4.33. The average molecular weight is 380 g/mol. The Morgan fingerprint density at radius 3 is 2.57 bits per heavy atom. The summed E-state index contributed by atoms with van der Waals surface area (Å²) in [6.07, 6.45) is 3.64. The van der Waals surface area contributed by atoms with E-state index in [0.29, 0.717) is 17.1 Å². The summed E-state index contributed by atoms with van der Waals surface area (Å²) in [4.78, 5) is 13.4. The van der Waals surface area contributed by atoms with Gasteiger partial charge in [-0.1, -0.05) is 18.2 Å². The molecule has 0 saturated carbocycles. The van der Waals surface area contributed by atoms with Crippen LogP contribution in [-0.2, 0) is 5.41 Å². The van der Waals surface area contributed by atoms with E-state index >= 15 is 0 Å². The number of anilines is 1. The van der Waals surface area contributed by atoms with Crippen LogP contribution in [-0.4, -0.2) is 23.8 Å². The molecule has 0 amide bonds. The standard InChI is InChI=1S/C22H24N2O4/c1-14(2)27-15-12-19(24(25)26)16-10-11-22(28-20(16)13-15)21(3,4)17-8-6-7-9-18(17)23(22)5/h6-14H,1-5H3/t22-/m0/s1. The Labute approximate surface area is 164 Å². The highest BCUT2D eigenvalue weighted by atomic mass is 16.6. The second-order valence-electron chi connectivity index (χ2n) is 8.11. The number of benzene rings is 2. The van der Waals surface area contributed by atoms with Gasteiger partial charge in [0.1, 0.15) is 11.5 Å². The largest absolute Gasteiger partial charge is 0.491 e. The van der Waals surface area contributed by atoms with Crippen LogP contribution in [0.5, 0.6) is 11.5 Å². The van der Waals surface area contributed by atoms with Crippen molar-refractivity contribution in [2.75, 3.05) is 11.9 Å². The first kappa shape index (κ1) is 18.3. The highest BCUT2D eigenvalue weighted by Crippen LogP contribution is 2.55. The van der Waals surface area contributed by atoms with Gasteiger partial charge in [-0.3, -0.25) is 10.1 Å². The Kier molecular flexibility index (Phi) is 3.93. The minimum Gasteiger partial charge on any atom is -0.491 e. The number of likely N-dealkylation sites (N-methyl/N-ethyl adjacent to an activating group) is 1. The van der Waals surface area contributed by atoms with Gasteiger partial charge in [0.25, 0.3) is 5.69 Å². The minimum absolute atomic E-state index is 0.0183. The fraction of sp³-hybridized carbons (Fsp3) is 0.364. The third kappa shape index (κ3) is 2.40. The summed E-state index contributed by atoms with van der Waals surface area (Å²) in [5.74, 6) is 0.891. The number of hydrogen-bond acceptors (Lipinski definition) is 5. The Balaban J connectivity index is 1.87. The maximum atomic E-state index is 11.6. The molecule has 6 heteroatoms. The van der Waals surface area contributed by atoms with Crippen molar-refractivity contribution in [1.29, 1.82) is 0 Å². The van der Waals surface area contributed by atoms with E-state index in [-0.39, 0.29) is 17.2 Å². The monoisotopic (exact) mass is 380 g/mol. The second-order valence-corrected chi connectivity index (χ2v) is 8.11. The first-order valence-corrected chi connectivity index (χ1v) is 9.38. The zero-order chi connectivity index (χ0) is 20.3. The van der Waals surface area contributed by atoms with Crippen molar-refractivity contribution in [1.82, 2.24) is 0 Å². The molecule has 2 aliphatic rings. The van der Waals surface area contributed by atoms with Gasteiger partial charge in [-0.25, -0.2) is 0 Å². The molecule has 0 unspecified atom stereocenters. The number of rotatable bonds is 3. The number of nitro groups is 1. The van der Waals surface area contributed by atoms with E-state index in [4.69, 9.17) is 9.47 Å². The van der Waals surface area contributed by atoms with Crippen LogP contribution in [0.15, 0.2) is 42.5 Å². The number of ether oxygens (including phenoxy) is 2. The van der Waals surface area contributed by atoms with Gasteiger partial charge in [-0.15, -0.1) is 0 Å².